The zero-order valence-corrected chi connectivity index (χ0v) is 16.6. The van der Waals surface area contributed by atoms with Crippen LogP contribution in [0.1, 0.15) is 125 Å². The van der Waals surface area contributed by atoms with Crippen LogP contribution in [-0.2, 0) is 0 Å². The van der Waals surface area contributed by atoms with E-state index < -0.39 is 0 Å². The summed E-state index contributed by atoms with van der Waals surface area (Å²) < 4.78 is 0. The highest BCUT2D eigenvalue weighted by atomic mass is 14.3. The van der Waals surface area contributed by atoms with Crippen molar-refractivity contribution in [3.8, 4) is 0 Å². The molecule has 0 nitrogen and oxygen atoms in total. The smallest absolute Gasteiger partial charge is 0.0363 e. The highest BCUT2D eigenvalue weighted by molar-refractivity contribution is 4.73. The molecule has 0 spiro atoms. The highest BCUT2D eigenvalue weighted by Gasteiger charge is 2.22. The number of rotatable bonds is 16. The van der Waals surface area contributed by atoms with Crippen LogP contribution in [0.4, 0.5) is 0 Å². The summed E-state index contributed by atoms with van der Waals surface area (Å²) in [6.45, 7) is 12.0. The SMILES string of the molecule is CCCCCCCCCC(C(C)CCCC)C(C)CCCC. The molecule has 0 aromatic rings. The van der Waals surface area contributed by atoms with Crippen LogP contribution in [0.15, 0.2) is 0 Å². The van der Waals surface area contributed by atoms with Gasteiger partial charge in [-0.1, -0.05) is 118 Å². The second kappa shape index (κ2) is 15.9. The highest BCUT2D eigenvalue weighted by Crippen LogP contribution is 2.33. The third-order valence-corrected chi connectivity index (χ3v) is 5.63. The Hall–Kier alpha value is 0. The molecule has 0 aliphatic rings. The van der Waals surface area contributed by atoms with E-state index >= 15 is 0 Å². The molecule has 2 unspecified atom stereocenters. The van der Waals surface area contributed by atoms with Gasteiger partial charge < -0.3 is 0 Å². The Morgan fingerprint density at radius 3 is 1.32 bits per heavy atom. The molecule has 2 atom stereocenters. The summed E-state index contributed by atoms with van der Waals surface area (Å²) in [6.07, 6.45) is 20.1. The van der Waals surface area contributed by atoms with Crippen molar-refractivity contribution in [1.29, 1.82) is 0 Å². The van der Waals surface area contributed by atoms with E-state index in [9.17, 15) is 0 Å². The van der Waals surface area contributed by atoms with E-state index in [1.807, 2.05) is 0 Å². The second-order valence-corrected chi connectivity index (χ2v) is 7.81. The summed E-state index contributed by atoms with van der Waals surface area (Å²) >= 11 is 0. The molecule has 0 amide bonds. The van der Waals surface area contributed by atoms with Crippen molar-refractivity contribution in [2.45, 2.75) is 125 Å². The Morgan fingerprint density at radius 2 is 0.864 bits per heavy atom. The van der Waals surface area contributed by atoms with Crippen molar-refractivity contribution in [3.05, 3.63) is 0 Å². The van der Waals surface area contributed by atoms with Crippen LogP contribution in [0.25, 0.3) is 0 Å². The first-order valence-corrected chi connectivity index (χ1v) is 10.7. The fourth-order valence-electron chi connectivity index (χ4n) is 3.95. The Kier molecular flexibility index (Phi) is 15.9. The van der Waals surface area contributed by atoms with Gasteiger partial charge in [0.15, 0.2) is 0 Å². The average Bonchev–Trinajstić information content (AvgIpc) is 2.53. The zero-order valence-electron chi connectivity index (χ0n) is 16.6. The minimum Gasteiger partial charge on any atom is -0.0654 e. The maximum absolute atomic E-state index is 2.53. The second-order valence-electron chi connectivity index (χ2n) is 7.81. The van der Waals surface area contributed by atoms with Crippen molar-refractivity contribution in [2.75, 3.05) is 0 Å². The van der Waals surface area contributed by atoms with Gasteiger partial charge in [-0.3, -0.25) is 0 Å². The van der Waals surface area contributed by atoms with E-state index in [4.69, 9.17) is 0 Å². The largest absolute Gasteiger partial charge is 0.0654 e. The predicted octanol–water partition coefficient (Wildman–Crippen LogP) is 8.40. The van der Waals surface area contributed by atoms with Crippen LogP contribution in [0.3, 0.4) is 0 Å². The summed E-state index contributed by atoms with van der Waals surface area (Å²) in [5, 5.41) is 0. The summed E-state index contributed by atoms with van der Waals surface area (Å²) in [6, 6.07) is 0. The van der Waals surface area contributed by atoms with Gasteiger partial charge in [-0.15, -0.1) is 0 Å². The molecule has 22 heavy (non-hydrogen) atoms. The van der Waals surface area contributed by atoms with E-state index in [2.05, 4.69) is 34.6 Å². The first-order chi connectivity index (χ1) is 10.7. The van der Waals surface area contributed by atoms with Crippen molar-refractivity contribution < 1.29 is 0 Å². The molecule has 0 N–H and O–H groups in total. The van der Waals surface area contributed by atoms with Gasteiger partial charge in [0, 0.05) is 0 Å². The lowest BCUT2D eigenvalue weighted by Gasteiger charge is -2.30. The fraction of sp³-hybridized carbons (Fsp3) is 1.00. The summed E-state index contributed by atoms with van der Waals surface area (Å²) in [4.78, 5) is 0. The van der Waals surface area contributed by atoms with Gasteiger partial charge in [0.1, 0.15) is 0 Å². The summed E-state index contributed by atoms with van der Waals surface area (Å²) in [7, 11) is 0. The predicted molar refractivity (Wildman–Crippen MR) is 103 cm³/mol. The molecule has 134 valence electrons. The molecule has 0 saturated carbocycles. The van der Waals surface area contributed by atoms with Gasteiger partial charge in [0.05, 0.1) is 0 Å². The molecule has 0 aliphatic carbocycles. The summed E-state index contributed by atoms with van der Waals surface area (Å²) in [5.41, 5.74) is 0. The topological polar surface area (TPSA) is 0 Å². The maximum Gasteiger partial charge on any atom is -0.0363 e. The molecule has 0 aliphatic heterocycles. The molecule has 0 radical (unpaired) electrons. The van der Waals surface area contributed by atoms with E-state index in [0.717, 1.165) is 17.8 Å². The molecular weight excluding hydrogens is 264 g/mol. The minimum atomic E-state index is 0.937. The standard InChI is InChI=1S/C22H46/c1-6-9-12-13-14-15-16-19-22(20(4)17-10-7-2)21(5)18-11-8-3/h20-22H,6-19H2,1-5H3. The van der Waals surface area contributed by atoms with Gasteiger partial charge in [-0.05, 0) is 24.2 Å². The molecule has 0 fully saturated rings. The van der Waals surface area contributed by atoms with Gasteiger partial charge >= 0.3 is 0 Å². The van der Waals surface area contributed by atoms with Crippen LogP contribution >= 0.6 is 0 Å². The molecule has 0 heteroatoms. The molecule has 0 rings (SSSR count). The summed E-state index contributed by atoms with van der Waals surface area (Å²) in [5.74, 6) is 2.85. The normalized spacial score (nSPS) is 15.7. The Labute approximate surface area is 142 Å². The molecule has 0 bridgehead atoms. The first-order valence-electron chi connectivity index (χ1n) is 10.7. The minimum absolute atomic E-state index is 0.937. The van der Waals surface area contributed by atoms with Crippen LogP contribution in [0.5, 0.6) is 0 Å². The Morgan fingerprint density at radius 1 is 0.455 bits per heavy atom. The molecule has 0 aromatic carbocycles. The van der Waals surface area contributed by atoms with Gasteiger partial charge in [-0.25, -0.2) is 0 Å². The maximum atomic E-state index is 2.53. The van der Waals surface area contributed by atoms with Gasteiger partial charge in [-0.2, -0.15) is 0 Å². The van der Waals surface area contributed by atoms with Gasteiger partial charge in [0.25, 0.3) is 0 Å². The van der Waals surface area contributed by atoms with E-state index in [1.165, 1.54) is 89.9 Å². The van der Waals surface area contributed by atoms with Crippen molar-refractivity contribution in [1.82, 2.24) is 0 Å². The lowest BCUT2D eigenvalue weighted by Crippen LogP contribution is -2.20. The number of hydrogen-bond donors (Lipinski definition) is 0. The molecular formula is C22H46. The van der Waals surface area contributed by atoms with Crippen molar-refractivity contribution >= 4 is 0 Å². The Balaban J connectivity index is 4.05. The van der Waals surface area contributed by atoms with Crippen LogP contribution < -0.4 is 0 Å². The number of hydrogen-bond acceptors (Lipinski definition) is 0. The first kappa shape index (κ1) is 22.0. The number of unbranched alkanes of at least 4 members (excludes halogenated alkanes) is 8. The quantitative estimate of drug-likeness (QED) is 0.251. The average molecular weight is 311 g/mol. The van der Waals surface area contributed by atoms with E-state index in [0.29, 0.717) is 0 Å². The molecule has 0 heterocycles. The van der Waals surface area contributed by atoms with Crippen LogP contribution in [0, 0.1) is 17.8 Å². The zero-order chi connectivity index (χ0) is 16.6. The third-order valence-electron chi connectivity index (χ3n) is 5.63. The monoisotopic (exact) mass is 310 g/mol. The lowest BCUT2D eigenvalue weighted by atomic mass is 9.76. The van der Waals surface area contributed by atoms with Crippen molar-refractivity contribution in [2.24, 2.45) is 17.8 Å². The molecule has 0 saturated heterocycles. The van der Waals surface area contributed by atoms with Crippen LogP contribution in [-0.4, -0.2) is 0 Å². The molecule has 0 aromatic heterocycles. The van der Waals surface area contributed by atoms with Crippen molar-refractivity contribution in [3.63, 3.8) is 0 Å². The van der Waals surface area contributed by atoms with Gasteiger partial charge in [0.2, 0.25) is 0 Å². The lowest BCUT2D eigenvalue weighted by molar-refractivity contribution is 0.206. The van der Waals surface area contributed by atoms with Crippen LogP contribution in [0.2, 0.25) is 0 Å². The fourth-order valence-corrected chi connectivity index (χ4v) is 3.95. The van der Waals surface area contributed by atoms with E-state index in [-0.39, 0.29) is 0 Å². The third kappa shape index (κ3) is 11.6. The van der Waals surface area contributed by atoms with E-state index in [1.54, 1.807) is 0 Å². The Bertz CT molecular complexity index is 194.